The maximum atomic E-state index is 6.58. The summed E-state index contributed by atoms with van der Waals surface area (Å²) in [6.45, 7) is 9.47. The molecule has 4 N–H and O–H groups in total. The van der Waals surface area contributed by atoms with E-state index in [1.54, 1.807) is 11.3 Å². The monoisotopic (exact) mass is 538 g/mol. The van der Waals surface area contributed by atoms with Crippen molar-refractivity contribution in [2.24, 2.45) is 11.7 Å². The summed E-state index contributed by atoms with van der Waals surface area (Å²) in [4.78, 5) is 16.2. The molecule has 1 aliphatic carbocycles. The van der Waals surface area contributed by atoms with Gasteiger partial charge in [-0.2, -0.15) is 4.98 Å². The summed E-state index contributed by atoms with van der Waals surface area (Å²) in [7, 11) is 0. The minimum atomic E-state index is -0.713. The predicted octanol–water partition coefficient (Wildman–Crippen LogP) is 5.51. The van der Waals surface area contributed by atoms with Crippen LogP contribution < -0.4 is 16.4 Å². The van der Waals surface area contributed by atoms with Crippen molar-refractivity contribution in [1.29, 1.82) is 0 Å². The summed E-state index contributed by atoms with van der Waals surface area (Å²) >= 11 is 3.56. The summed E-state index contributed by atoms with van der Waals surface area (Å²) in [6, 6.07) is 8.19. The number of para-hydroxylation sites is 1. The van der Waals surface area contributed by atoms with E-state index in [1.807, 2.05) is 50.7 Å². The number of rotatable bonds is 7. The second kappa shape index (κ2) is 9.50. The topological polar surface area (TPSA) is 107 Å². The van der Waals surface area contributed by atoms with Crippen molar-refractivity contribution < 1.29 is 9.47 Å². The third-order valence-corrected chi connectivity index (χ3v) is 9.64. The third kappa shape index (κ3) is 4.74. The first-order valence-corrected chi connectivity index (χ1v) is 14.6. The fraction of sp³-hybridized carbons (Fsp3) is 0.519. The lowest BCUT2D eigenvalue weighted by molar-refractivity contribution is -0.166. The Kier molecular flexibility index (Phi) is 6.43. The number of hydrogen-bond acceptors (Lipinski definition) is 10. The van der Waals surface area contributed by atoms with E-state index < -0.39 is 11.5 Å². The number of nitrogens with zero attached hydrogens (tertiary/aromatic N) is 3. The Labute approximate surface area is 225 Å². The summed E-state index contributed by atoms with van der Waals surface area (Å²) in [5.41, 5.74) is 8.17. The van der Waals surface area contributed by atoms with E-state index in [9.17, 15) is 0 Å². The number of aromatic nitrogens is 3. The molecule has 4 unspecified atom stereocenters. The predicted molar refractivity (Wildman–Crippen MR) is 152 cm³/mol. The van der Waals surface area contributed by atoms with Gasteiger partial charge in [-0.25, -0.2) is 9.97 Å². The Bertz CT molecular complexity index is 1320. The van der Waals surface area contributed by atoms with Crippen molar-refractivity contribution >= 4 is 45.1 Å². The lowest BCUT2D eigenvalue weighted by Gasteiger charge is -2.31. The highest BCUT2D eigenvalue weighted by Gasteiger charge is 2.60. The zero-order chi connectivity index (χ0) is 25.8. The molecule has 2 aromatic heterocycles. The van der Waals surface area contributed by atoms with E-state index >= 15 is 0 Å². The quantitative estimate of drug-likeness (QED) is 0.359. The van der Waals surface area contributed by atoms with Crippen molar-refractivity contribution in [3.63, 3.8) is 0 Å². The fourth-order valence-electron chi connectivity index (χ4n) is 5.71. The number of nitrogens with two attached hydrogens (primary N) is 1. The molecule has 0 amide bonds. The van der Waals surface area contributed by atoms with Gasteiger partial charge in [0.2, 0.25) is 5.95 Å². The standard InChI is InChI=1S/C27H34N6O2S2/c1-15-9-10-18(36-15)14-29-25-30-16(2)21(24-31-19-7-5-6-8-20(19)37-24)23(32-25)33-27-12-11-17(13-28)22(27)34-26(3,4)35-27/h5-9,17-18,22H,10-14,28H2,1-4H3,(H2,29,30,32,33). The van der Waals surface area contributed by atoms with E-state index in [0.717, 1.165) is 52.3 Å². The molecule has 4 atom stereocenters. The molecule has 2 aliphatic heterocycles. The second-order valence-corrected chi connectivity index (χ2v) is 13.2. The van der Waals surface area contributed by atoms with Crippen LogP contribution in [-0.4, -0.2) is 50.9 Å². The SMILES string of the molecule is CC1=CCC(CNc2nc(C)c(-c3nc4ccccc4s3)c(NC34CCC(CN)C3OC(C)(C)O4)n2)S1. The summed E-state index contributed by atoms with van der Waals surface area (Å²) in [5, 5.41) is 8.58. The maximum absolute atomic E-state index is 6.58. The van der Waals surface area contributed by atoms with Gasteiger partial charge in [0.25, 0.3) is 0 Å². The first-order valence-electron chi connectivity index (χ1n) is 12.9. The molecule has 1 saturated carbocycles. The van der Waals surface area contributed by atoms with Crippen LogP contribution in [0.15, 0.2) is 35.2 Å². The molecule has 0 radical (unpaired) electrons. The number of benzene rings is 1. The van der Waals surface area contributed by atoms with Crippen molar-refractivity contribution in [1.82, 2.24) is 15.0 Å². The molecule has 37 heavy (non-hydrogen) atoms. The smallest absolute Gasteiger partial charge is 0.224 e. The molecule has 196 valence electrons. The van der Waals surface area contributed by atoms with Crippen LogP contribution in [0.5, 0.6) is 0 Å². The van der Waals surface area contributed by atoms with Crippen LogP contribution in [0.3, 0.4) is 0 Å². The number of thiazole rings is 1. The van der Waals surface area contributed by atoms with Gasteiger partial charge in [0.15, 0.2) is 11.5 Å². The molecule has 1 aromatic carbocycles. The zero-order valence-electron chi connectivity index (χ0n) is 21.7. The van der Waals surface area contributed by atoms with E-state index in [0.29, 0.717) is 23.6 Å². The van der Waals surface area contributed by atoms with Crippen molar-refractivity contribution in [2.75, 3.05) is 23.7 Å². The van der Waals surface area contributed by atoms with E-state index in [-0.39, 0.29) is 12.0 Å². The Morgan fingerprint density at radius 1 is 1.16 bits per heavy atom. The number of ether oxygens (including phenoxy) is 2. The van der Waals surface area contributed by atoms with Crippen molar-refractivity contribution in [3.8, 4) is 10.6 Å². The van der Waals surface area contributed by atoms with Gasteiger partial charge in [-0.05, 0) is 70.5 Å². The normalized spacial score (nSPS) is 28.5. The largest absolute Gasteiger partial charge is 0.353 e. The van der Waals surface area contributed by atoms with Gasteiger partial charge in [0.05, 0.1) is 21.5 Å². The van der Waals surface area contributed by atoms with Crippen LogP contribution in [0.4, 0.5) is 11.8 Å². The first-order chi connectivity index (χ1) is 17.7. The van der Waals surface area contributed by atoms with Crippen LogP contribution in [-0.2, 0) is 9.47 Å². The summed E-state index contributed by atoms with van der Waals surface area (Å²) in [6.07, 6.45) is 4.91. The number of fused-ring (bicyclic) bond motifs is 2. The molecular formula is C27H34N6O2S2. The Balaban J connectivity index is 1.39. The number of anilines is 2. The zero-order valence-corrected chi connectivity index (χ0v) is 23.3. The van der Waals surface area contributed by atoms with Gasteiger partial charge in [-0.1, -0.05) is 18.2 Å². The number of hydrogen-bond donors (Lipinski definition) is 3. The van der Waals surface area contributed by atoms with E-state index in [4.69, 9.17) is 30.2 Å². The van der Waals surface area contributed by atoms with Crippen LogP contribution in [0.2, 0.25) is 0 Å². The maximum Gasteiger partial charge on any atom is 0.224 e. The Hall–Kier alpha value is -2.24. The number of nitrogens with one attached hydrogen (secondary N) is 2. The average molecular weight is 539 g/mol. The van der Waals surface area contributed by atoms with Crippen LogP contribution in [0, 0.1) is 12.8 Å². The van der Waals surface area contributed by atoms with Crippen molar-refractivity contribution in [2.45, 2.75) is 69.8 Å². The fourth-order valence-corrected chi connectivity index (χ4v) is 7.85. The molecule has 0 spiro atoms. The van der Waals surface area contributed by atoms with Gasteiger partial charge < -0.3 is 25.8 Å². The molecule has 3 aromatic rings. The lowest BCUT2D eigenvalue weighted by Crippen LogP contribution is -2.46. The molecular weight excluding hydrogens is 504 g/mol. The molecule has 0 bridgehead atoms. The Morgan fingerprint density at radius 2 is 2.00 bits per heavy atom. The number of aryl methyl sites for hydroxylation is 1. The van der Waals surface area contributed by atoms with Gasteiger partial charge in [0.1, 0.15) is 16.9 Å². The molecule has 3 aliphatic rings. The van der Waals surface area contributed by atoms with Crippen molar-refractivity contribution in [3.05, 3.63) is 40.9 Å². The molecule has 6 rings (SSSR count). The highest BCUT2D eigenvalue weighted by atomic mass is 32.2. The molecule has 8 nitrogen and oxygen atoms in total. The third-order valence-electron chi connectivity index (χ3n) is 7.35. The lowest BCUT2D eigenvalue weighted by atomic mass is 10.0. The van der Waals surface area contributed by atoms with Gasteiger partial charge in [-0.15, -0.1) is 23.1 Å². The number of allylic oxidation sites excluding steroid dienone is 2. The molecule has 4 heterocycles. The minimum absolute atomic E-state index is 0.161. The first kappa shape index (κ1) is 25.1. The molecule has 10 heteroatoms. The highest BCUT2D eigenvalue weighted by molar-refractivity contribution is 8.03. The van der Waals surface area contributed by atoms with Gasteiger partial charge in [0, 0.05) is 17.7 Å². The molecule has 2 fully saturated rings. The van der Waals surface area contributed by atoms with E-state index in [1.165, 1.54) is 4.91 Å². The summed E-state index contributed by atoms with van der Waals surface area (Å²) < 4.78 is 14.1. The van der Waals surface area contributed by atoms with Crippen LogP contribution in [0.1, 0.15) is 45.7 Å². The number of thioether (sulfide) groups is 1. The molecule has 1 saturated heterocycles. The second-order valence-electron chi connectivity index (χ2n) is 10.6. The van der Waals surface area contributed by atoms with Crippen LogP contribution in [0.25, 0.3) is 20.8 Å². The van der Waals surface area contributed by atoms with Crippen LogP contribution >= 0.6 is 23.1 Å². The average Bonchev–Trinajstić information content (AvgIpc) is 3.58. The highest BCUT2D eigenvalue weighted by Crippen LogP contribution is 2.50. The minimum Gasteiger partial charge on any atom is -0.353 e. The van der Waals surface area contributed by atoms with Gasteiger partial charge in [-0.3, -0.25) is 0 Å². The summed E-state index contributed by atoms with van der Waals surface area (Å²) in [5.74, 6) is 0.826. The van der Waals surface area contributed by atoms with Gasteiger partial charge >= 0.3 is 0 Å². The Morgan fingerprint density at radius 3 is 2.76 bits per heavy atom. The van der Waals surface area contributed by atoms with E-state index in [2.05, 4.69) is 29.7 Å².